The molecule has 3 unspecified atom stereocenters. The summed E-state index contributed by atoms with van der Waals surface area (Å²) >= 11 is 1.69. The number of hydrogen-bond donors (Lipinski definition) is 3. The largest absolute Gasteiger partial charge is 0.351 e. The van der Waals surface area contributed by atoms with E-state index in [0.29, 0.717) is 24.1 Å². The van der Waals surface area contributed by atoms with Crippen molar-refractivity contribution in [1.82, 2.24) is 16.0 Å². The van der Waals surface area contributed by atoms with E-state index >= 15 is 0 Å². The average molecular weight is 376 g/mol. The van der Waals surface area contributed by atoms with Crippen LogP contribution in [0, 0.1) is 6.92 Å². The van der Waals surface area contributed by atoms with Crippen LogP contribution >= 0.6 is 11.8 Å². The van der Waals surface area contributed by atoms with Crippen LogP contribution in [0.25, 0.3) is 0 Å². The van der Waals surface area contributed by atoms with Crippen molar-refractivity contribution in [3.05, 3.63) is 35.4 Å². The zero-order chi connectivity index (χ0) is 18.5. The van der Waals surface area contributed by atoms with Gasteiger partial charge in [-0.15, -0.1) is 0 Å². The molecule has 0 radical (unpaired) electrons. The van der Waals surface area contributed by atoms with E-state index in [0.717, 1.165) is 24.2 Å². The molecule has 2 aliphatic rings. The van der Waals surface area contributed by atoms with Crippen molar-refractivity contribution in [2.45, 2.75) is 63.2 Å². The van der Waals surface area contributed by atoms with Crippen LogP contribution in [0.5, 0.6) is 0 Å². The van der Waals surface area contributed by atoms with Gasteiger partial charge in [-0.2, -0.15) is 11.8 Å². The van der Waals surface area contributed by atoms with Crippen molar-refractivity contribution >= 4 is 23.6 Å². The Morgan fingerprint density at radius 1 is 1.27 bits per heavy atom. The lowest BCUT2D eigenvalue weighted by atomic mass is 9.99. The third kappa shape index (κ3) is 5.01. The number of aryl methyl sites for hydroxylation is 1. The Morgan fingerprint density at radius 3 is 2.65 bits per heavy atom. The van der Waals surface area contributed by atoms with Crippen LogP contribution < -0.4 is 16.0 Å². The van der Waals surface area contributed by atoms with E-state index in [1.807, 2.05) is 31.4 Å². The van der Waals surface area contributed by atoms with Crippen LogP contribution in [-0.2, 0) is 4.79 Å². The highest BCUT2D eigenvalue weighted by Gasteiger charge is 2.35. The number of amides is 2. The van der Waals surface area contributed by atoms with E-state index in [-0.39, 0.29) is 17.9 Å². The molecule has 2 fully saturated rings. The van der Waals surface area contributed by atoms with Crippen molar-refractivity contribution < 1.29 is 9.59 Å². The monoisotopic (exact) mass is 375 g/mol. The fraction of sp³-hybridized carbons (Fsp3) is 0.600. The molecule has 0 aliphatic carbocycles. The predicted octanol–water partition coefficient (Wildman–Crippen LogP) is 2.25. The molecule has 0 spiro atoms. The second-order valence-corrected chi connectivity index (χ2v) is 8.48. The number of carbonyl (C=O) groups is 2. The van der Waals surface area contributed by atoms with Crippen LogP contribution in [0.2, 0.25) is 0 Å². The first-order chi connectivity index (χ1) is 12.5. The molecule has 3 atom stereocenters. The van der Waals surface area contributed by atoms with E-state index in [1.165, 1.54) is 12.8 Å². The number of fused-ring (bicyclic) bond motifs is 2. The molecule has 2 heterocycles. The standard InChI is InChI=1S/C20H29N3O2S/c1-13-4-3-5-14(10-13)19(24)23-18(8-9-26-2)20(25)22-17-11-15-6-7-16(12-17)21-15/h3-5,10,15-18,21H,6-9,11-12H2,1-2H3,(H,22,25)(H,23,24). The third-order valence-corrected chi connectivity index (χ3v) is 5.98. The van der Waals surface area contributed by atoms with Crippen LogP contribution in [-0.4, -0.2) is 48.0 Å². The molecule has 2 amide bonds. The van der Waals surface area contributed by atoms with E-state index in [4.69, 9.17) is 0 Å². The Hall–Kier alpha value is -1.53. The molecule has 6 heteroatoms. The summed E-state index contributed by atoms with van der Waals surface area (Å²) in [4.78, 5) is 25.4. The molecule has 2 saturated heterocycles. The third-order valence-electron chi connectivity index (χ3n) is 5.33. The van der Waals surface area contributed by atoms with Gasteiger partial charge in [0.2, 0.25) is 5.91 Å². The highest BCUT2D eigenvalue weighted by molar-refractivity contribution is 7.98. The van der Waals surface area contributed by atoms with Gasteiger partial charge in [0.25, 0.3) is 5.91 Å². The minimum absolute atomic E-state index is 0.0497. The molecule has 26 heavy (non-hydrogen) atoms. The summed E-state index contributed by atoms with van der Waals surface area (Å²) in [7, 11) is 0. The highest BCUT2D eigenvalue weighted by atomic mass is 32.2. The minimum atomic E-state index is -0.483. The summed E-state index contributed by atoms with van der Waals surface area (Å²) in [5.74, 6) is 0.607. The van der Waals surface area contributed by atoms with Gasteiger partial charge >= 0.3 is 0 Å². The fourth-order valence-corrected chi connectivity index (χ4v) is 4.48. The quantitative estimate of drug-likeness (QED) is 0.684. The molecule has 0 aromatic heterocycles. The van der Waals surface area contributed by atoms with Crippen molar-refractivity contribution in [1.29, 1.82) is 0 Å². The number of carbonyl (C=O) groups excluding carboxylic acids is 2. The van der Waals surface area contributed by atoms with Crippen molar-refractivity contribution in [3.63, 3.8) is 0 Å². The summed E-state index contributed by atoms with van der Waals surface area (Å²) in [6.07, 6.45) is 7.05. The van der Waals surface area contributed by atoms with Crippen LogP contribution in [0.4, 0.5) is 0 Å². The molecule has 3 rings (SSSR count). The van der Waals surface area contributed by atoms with Gasteiger partial charge in [-0.05, 0) is 63.2 Å². The maximum Gasteiger partial charge on any atom is 0.251 e. The Balaban J connectivity index is 1.61. The van der Waals surface area contributed by atoms with E-state index in [2.05, 4.69) is 16.0 Å². The lowest BCUT2D eigenvalue weighted by Gasteiger charge is -2.31. The van der Waals surface area contributed by atoms with Crippen molar-refractivity contribution in [3.8, 4) is 0 Å². The number of benzene rings is 1. The molecule has 3 N–H and O–H groups in total. The summed E-state index contributed by atoms with van der Waals surface area (Å²) in [5, 5.41) is 9.73. The second-order valence-electron chi connectivity index (χ2n) is 7.49. The first kappa shape index (κ1) is 19.2. The SMILES string of the molecule is CSCCC(NC(=O)c1cccc(C)c1)C(=O)NC1CC2CCC(C1)N2. The molecular formula is C20H29N3O2S. The van der Waals surface area contributed by atoms with Gasteiger partial charge in [-0.25, -0.2) is 0 Å². The van der Waals surface area contributed by atoms with Gasteiger partial charge in [-0.3, -0.25) is 9.59 Å². The Labute approximate surface area is 160 Å². The predicted molar refractivity (Wildman–Crippen MR) is 107 cm³/mol. The maximum atomic E-state index is 12.8. The van der Waals surface area contributed by atoms with E-state index < -0.39 is 6.04 Å². The van der Waals surface area contributed by atoms with Gasteiger partial charge in [-0.1, -0.05) is 17.7 Å². The molecule has 2 aliphatic heterocycles. The lowest BCUT2D eigenvalue weighted by Crippen LogP contribution is -2.53. The number of nitrogens with one attached hydrogen (secondary N) is 3. The smallest absolute Gasteiger partial charge is 0.251 e. The first-order valence-electron chi connectivity index (χ1n) is 9.48. The summed E-state index contributed by atoms with van der Waals surface area (Å²) < 4.78 is 0. The number of thioether (sulfide) groups is 1. The topological polar surface area (TPSA) is 70.2 Å². The maximum absolute atomic E-state index is 12.8. The van der Waals surface area contributed by atoms with Crippen LogP contribution in [0.15, 0.2) is 24.3 Å². The Morgan fingerprint density at radius 2 is 2.00 bits per heavy atom. The zero-order valence-electron chi connectivity index (χ0n) is 15.6. The van der Waals surface area contributed by atoms with Gasteiger partial charge in [0, 0.05) is 23.7 Å². The van der Waals surface area contributed by atoms with Crippen LogP contribution in [0.1, 0.15) is 48.0 Å². The van der Waals surface area contributed by atoms with Crippen LogP contribution in [0.3, 0.4) is 0 Å². The lowest BCUT2D eigenvalue weighted by molar-refractivity contribution is -0.124. The zero-order valence-corrected chi connectivity index (χ0v) is 16.4. The summed E-state index contributed by atoms with van der Waals surface area (Å²) in [5.41, 5.74) is 1.64. The minimum Gasteiger partial charge on any atom is -0.351 e. The molecule has 1 aromatic rings. The summed E-state index contributed by atoms with van der Waals surface area (Å²) in [6.45, 7) is 1.96. The Kier molecular flexibility index (Phi) is 6.59. The van der Waals surface area contributed by atoms with E-state index in [1.54, 1.807) is 17.8 Å². The van der Waals surface area contributed by atoms with E-state index in [9.17, 15) is 9.59 Å². The fourth-order valence-electron chi connectivity index (χ4n) is 4.01. The highest BCUT2D eigenvalue weighted by Crippen LogP contribution is 2.26. The number of hydrogen-bond acceptors (Lipinski definition) is 4. The molecule has 142 valence electrons. The molecule has 0 saturated carbocycles. The second kappa shape index (κ2) is 8.91. The van der Waals surface area contributed by atoms with Crippen molar-refractivity contribution in [2.75, 3.05) is 12.0 Å². The average Bonchev–Trinajstić information content (AvgIpc) is 2.96. The number of piperidine rings is 1. The molecule has 5 nitrogen and oxygen atoms in total. The number of rotatable bonds is 7. The van der Waals surface area contributed by atoms with Gasteiger partial charge < -0.3 is 16.0 Å². The first-order valence-corrected chi connectivity index (χ1v) is 10.9. The van der Waals surface area contributed by atoms with Crippen molar-refractivity contribution in [2.24, 2.45) is 0 Å². The van der Waals surface area contributed by atoms with Gasteiger partial charge in [0.15, 0.2) is 0 Å². The Bertz CT molecular complexity index is 640. The molecule has 2 bridgehead atoms. The van der Waals surface area contributed by atoms with Gasteiger partial charge in [0.05, 0.1) is 0 Å². The molecular weight excluding hydrogens is 346 g/mol. The van der Waals surface area contributed by atoms with Gasteiger partial charge in [0.1, 0.15) is 6.04 Å². The summed E-state index contributed by atoms with van der Waals surface area (Å²) in [6, 6.07) is 8.26. The normalized spacial score (nSPS) is 25.5. The molecule has 1 aromatic carbocycles.